The number of rotatable bonds is 4. The molecule has 1 rings (SSSR count). The third kappa shape index (κ3) is 2.76. The van der Waals surface area contributed by atoms with Crippen LogP contribution in [-0.2, 0) is 0 Å². The van der Waals surface area contributed by atoms with E-state index >= 15 is 0 Å². The first-order chi connectivity index (χ1) is 7.88. The van der Waals surface area contributed by atoms with E-state index in [1.54, 1.807) is 13.8 Å². The summed E-state index contributed by atoms with van der Waals surface area (Å²) >= 11 is 0. The van der Waals surface area contributed by atoms with E-state index in [0.29, 0.717) is 12.5 Å². The summed E-state index contributed by atoms with van der Waals surface area (Å²) in [5, 5.41) is 10.8. The van der Waals surface area contributed by atoms with Gasteiger partial charge >= 0.3 is 5.69 Å². The Morgan fingerprint density at radius 3 is 2.47 bits per heavy atom. The molecule has 1 aromatic carbocycles. The van der Waals surface area contributed by atoms with E-state index in [-0.39, 0.29) is 5.56 Å². The zero-order valence-corrected chi connectivity index (χ0v) is 9.61. The van der Waals surface area contributed by atoms with Crippen LogP contribution in [0.4, 0.5) is 14.5 Å². The second kappa shape index (κ2) is 5.18. The van der Waals surface area contributed by atoms with Gasteiger partial charge in [-0.3, -0.25) is 10.1 Å². The van der Waals surface area contributed by atoms with Crippen LogP contribution in [-0.4, -0.2) is 11.0 Å². The van der Waals surface area contributed by atoms with Crippen LogP contribution in [0.1, 0.15) is 31.7 Å². The molecule has 0 saturated carbocycles. The molecule has 4 nitrogen and oxygen atoms in total. The SMILES string of the molecule is CCC(c1cc(F)cc(F)c1[N+](=O)[O-])C(C)N. The number of nitrogens with two attached hydrogens (primary N) is 1. The largest absolute Gasteiger partial charge is 0.327 e. The van der Waals surface area contributed by atoms with Gasteiger partial charge in [-0.25, -0.2) is 4.39 Å². The van der Waals surface area contributed by atoms with Crippen molar-refractivity contribution in [3.8, 4) is 0 Å². The predicted octanol–water partition coefficient (Wildman–Crippen LogP) is 2.71. The standard InChI is InChI=1S/C11H14F2N2O2/c1-3-8(6(2)14)9-4-7(12)5-10(13)11(9)15(16)17/h4-6,8H,3,14H2,1-2H3. The Morgan fingerprint density at radius 1 is 1.47 bits per heavy atom. The van der Waals surface area contributed by atoms with Gasteiger partial charge < -0.3 is 5.73 Å². The predicted molar refractivity (Wildman–Crippen MR) is 59.7 cm³/mol. The molecule has 0 aliphatic carbocycles. The minimum Gasteiger partial charge on any atom is -0.327 e. The summed E-state index contributed by atoms with van der Waals surface area (Å²) < 4.78 is 26.5. The van der Waals surface area contributed by atoms with Crippen LogP contribution in [0.25, 0.3) is 0 Å². The maximum atomic E-state index is 13.4. The van der Waals surface area contributed by atoms with Gasteiger partial charge in [0.1, 0.15) is 5.82 Å². The molecule has 0 aliphatic heterocycles. The zero-order chi connectivity index (χ0) is 13.2. The van der Waals surface area contributed by atoms with E-state index in [2.05, 4.69) is 0 Å². The molecule has 0 radical (unpaired) electrons. The summed E-state index contributed by atoms with van der Waals surface area (Å²) in [4.78, 5) is 9.96. The third-order valence-corrected chi connectivity index (χ3v) is 2.71. The molecule has 0 spiro atoms. The highest BCUT2D eigenvalue weighted by Gasteiger charge is 2.28. The van der Waals surface area contributed by atoms with Crippen molar-refractivity contribution in [2.24, 2.45) is 5.73 Å². The van der Waals surface area contributed by atoms with Crippen LogP contribution in [0.5, 0.6) is 0 Å². The van der Waals surface area contributed by atoms with E-state index in [9.17, 15) is 18.9 Å². The van der Waals surface area contributed by atoms with Gasteiger partial charge in [0, 0.05) is 23.6 Å². The fraction of sp³-hybridized carbons (Fsp3) is 0.455. The van der Waals surface area contributed by atoms with Crippen LogP contribution in [0.15, 0.2) is 12.1 Å². The molecule has 0 fully saturated rings. The summed E-state index contributed by atoms with van der Waals surface area (Å²) in [6, 6.07) is 1.08. The van der Waals surface area contributed by atoms with Crippen molar-refractivity contribution >= 4 is 5.69 Å². The monoisotopic (exact) mass is 244 g/mol. The molecule has 6 heteroatoms. The average molecular weight is 244 g/mol. The normalized spacial score (nSPS) is 14.4. The Balaban J connectivity index is 3.43. The number of nitrogens with zero attached hydrogens (tertiary/aromatic N) is 1. The van der Waals surface area contributed by atoms with Gasteiger partial charge in [0.15, 0.2) is 0 Å². The fourth-order valence-corrected chi connectivity index (χ4v) is 1.94. The van der Waals surface area contributed by atoms with Crippen LogP contribution >= 0.6 is 0 Å². The number of nitro groups is 1. The summed E-state index contributed by atoms with van der Waals surface area (Å²) in [7, 11) is 0. The molecule has 0 bridgehead atoms. The first-order valence-electron chi connectivity index (χ1n) is 5.27. The highest BCUT2D eigenvalue weighted by molar-refractivity contribution is 5.44. The molecule has 94 valence electrons. The van der Waals surface area contributed by atoms with Gasteiger partial charge in [0.05, 0.1) is 4.92 Å². The molecule has 0 saturated heterocycles. The van der Waals surface area contributed by atoms with Gasteiger partial charge in [-0.1, -0.05) is 6.92 Å². The van der Waals surface area contributed by atoms with Gasteiger partial charge in [-0.05, 0) is 19.4 Å². The number of hydrogen-bond acceptors (Lipinski definition) is 3. The molecule has 2 atom stereocenters. The minimum absolute atomic E-state index is 0.0185. The molecule has 2 N–H and O–H groups in total. The Bertz CT molecular complexity index is 436. The molecular formula is C11H14F2N2O2. The van der Waals surface area contributed by atoms with Crippen molar-refractivity contribution in [3.63, 3.8) is 0 Å². The van der Waals surface area contributed by atoms with E-state index in [1.165, 1.54) is 0 Å². The lowest BCUT2D eigenvalue weighted by Gasteiger charge is -2.19. The molecule has 0 aliphatic rings. The Hall–Kier alpha value is -1.56. The van der Waals surface area contributed by atoms with E-state index in [4.69, 9.17) is 5.73 Å². The van der Waals surface area contributed by atoms with Crippen molar-refractivity contribution in [2.75, 3.05) is 0 Å². The maximum Gasteiger partial charge on any atom is 0.308 e. The smallest absolute Gasteiger partial charge is 0.308 e. The summed E-state index contributed by atoms with van der Waals surface area (Å²) in [5.41, 5.74) is 5.01. The first-order valence-corrected chi connectivity index (χ1v) is 5.27. The number of benzene rings is 1. The number of nitro benzene ring substituents is 1. The van der Waals surface area contributed by atoms with Crippen molar-refractivity contribution < 1.29 is 13.7 Å². The Labute approximate surface area is 97.6 Å². The molecule has 2 unspecified atom stereocenters. The van der Waals surface area contributed by atoms with Crippen LogP contribution in [0.3, 0.4) is 0 Å². The molecular weight excluding hydrogens is 230 g/mol. The van der Waals surface area contributed by atoms with Crippen LogP contribution < -0.4 is 5.73 Å². The lowest BCUT2D eigenvalue weighted by Crippen LogP contribution is -2.25. The van der Waals surface area contributed by atoms with E-state index in [1.807, 2.05) is 0 Å². The van der Waals surface area contributed by atoms with E-state index < -0.39 is 34.2 Å². The molecule has 0 aromatic heterocycles. The molecule has 1 aromatic rings. The minimum atomic E-state index is -1.16. The fourth-order valence-electron chi connectivity index (χ4n) is 1.94. The van der Waals surface area contributed by atoms with Crippen molar-refractivity contribution in [3.05, 3.63) is 39.4 Å². The topological polar surface area (TPSA) is 69.2 Å². The van der Waals surface area contributed by atoms with Crippen molar-refractivity contribution in [1.29, 1.82) is 0 Å². The van der Waals surface area contributed by atoms with Crippen LogP contribution in [0.2, 0.25) is 0 Å². The zero-order valence-electron chi connectivity index (χ0n) is 9.61. The highest BCUT2D eigenvalue weighted by atomic mass is 19.1. The van der Waals surface area contributed by atoms with Crippen LogP contribution in [0, 0.1) is 21.7 Å². The lowest BCUT2D eigenvalue weighted by atomic mass is 9.89. The second-order valence-corrected chi connectivity index (χ2v) is 3.96. The Morgan fingerprint density at radius 2 is 2.06 bits per heavy atom. The van der Waals surface area contributed by atoms with Gasteiger partial charge in [-0.2, -0.15) is 4.39 Å². The third-order valence-electron chi connectivity index (χ3n) is 2.71. The van der Waals surface area contributed by atoms with Gasteiger partial charge in [-0.15, -0.1) is 0 Å². The average Bonchev–Trinajstić information content (AvgIpc) is 2.15. The van der Waals surface area contributed by atoms with Gasteiger partial charge in [0.2, 0.25) is 5.82 Å². The second-order valence-electron chi connectivity index (χ2n) is 3.96. The number of hydrogen-bond donors (Lipinski definition) is 1. The van der Waals surface area contributed by atoms with Gasteiger partial charge in [0.25, 0.3) is 0 Å². The summed E-state index contributed by atoms with van der Waals surface area (Å²) in [6.07, 6.45) is 0.474. The summed E-state index contributed by atoms with van der Waals surface area (Å²) in [6.45, 7) is 3.42. The lowest BCUT2D eigenvalue weighted by molar-refractivity contribution is -0.388. The van der Waals surface area contributed by atoms with Crippen molar-refractivity contribution in [2.45, 2.75) is 32.2 Å². The first kappa shape index (κ1) is 13.5. The number of halogens is 2. The van der Waals surface area contributed by atoms with Crippen molar-refractivity contribution in [1.82, 2.24) is 0 Å². The summed E-state index contributed by atoms with van der Waals surface area (Å²) in [5.74, 6) is -2.44. The molecule has 0 amide bonds. The Kier molecular flexibility index (Phi) is 4.11. The quantitative estimate of drug-likeness (QED) is 0.654. The highest BCUT2D eigenvalue weighted by Crippen LogP contribution is 2.33. The molecule has 17 heavy (non-hydrogen) atoms. The van der Waals surface area contributed by atoms with E-state index in [0.717, 1.165) is 6.07 Å². The maximum absolute atomic E-state index is 13.4. The molecule has 0 heterocycles.